The summed E-state index contributed by atoms with van der Waals surface area (Å²) in [5, 5.41) is 6.10. The maximum atomic E-state index is 11.7. The lowest BCUT2D eigenvalue weighted by Gasteiger charge is -2.25. The van der Waals surface area contributed by atoms with Crippen LogP contribution in [0.25, 0.3) is 0 Å². The zero-order chi connectivity index (χ0) is 12.1. The quantitative estimate of drug-likeness (QED) is 0.616. The molecule has 1 aliphatic carbocycles. The smallest absolute Gasteiger partial charge is 0.237 e. The molecule has 0 aliphatic heterocycles. The number of nitrogens with one attached hydrogen (secondary N) is 2. The molecule has 2 N–H and O–H groups in total. The summed E-state index contributed by atoms with van der Waals surface area (Å²) in [6, 6.07) is 0.131. The second-order valence-corrected chi connectivity index (χ2v) is 4.30. The Labute approximate surface area is 96.9 Å². The van der Waals surface area contributed by atoms with Crippen molar-refractivity contribution in [2.45, 2.75) is 51.1 Å². The molecule has 1 rings (SSSR count). The van der Waals surface area contributed by atoms with Crippen LogP contribution in [0.1, 0.15) is 26.7 Å². The molecule has 0 aromatic heterocycles. The van der Waals surface area contributed by atoms with E-state index in [1.165, 1.54) is 0 Å². The molecular formula is C11H22N2O3. The van der Waals surface area contributed by atoms with Gasteiger partial charge in [-0.25, -0.2) is 0 Å². The van der Waals surface area contributed by atoms with Crippen LogP contribution in [0.2, 0.25) is 0 Å². The first kappa shape index (κ1) is 13.4. The molecule has 0 aromatic carbocycles. The van der Waals surface area contributed by atoms with Crippen molar-refractivity contribution in [3.05, 3.63) is 0 Å². The number of carbonyl (C=O) groups is 1. The molecule has 0 saturated heterocycles. The largest absolute Gasteiger partial charge is 0.354 e. The van der Waals surface area contributed by atoms with Gasteiger partial charge in [0.2, 0.25) is 5.91 Å². The van der Waals surface area contributed by atoms with Gasteiger partial charge in [0.1, 0.15) is 0 Å². The van der Waals surface area contributed by atoms with E-state index in [2.05, 4.69) is 10.6 Å². The van der Waals surface area contributed by atoms with E-state index in [1.807, 2.05) is 13.8 Å². The Morgan fingerprint density at radius 3 is 2.25 bits per heavy atom. The fourth-order valence-electron chi connectivity index (χ4n) is 1.61. The Hall–Kier alpha value is -0.650. The van der Waals surface area contributed by atoms with Gasteiger partial charge in [0.15, 0.2) is 6.29 Å². The summed E-state index contributed by atoms with van der Waals surface area (Å²) in [6.45, 7) is 3.77. The Kier molecular flexibility index (Phi) is 5.18. The molecule has 0 spiro atoms. The highest BCUT2D eigenvalue weighted by atomic mass is 16.7. The second kappa shape index (κ2) is 6.18. The van der Waals surface area contributed by atoms with Gasteiger partial charge in [-0.3, -0.25) is 10.1 Å². The first-order valence-electron chi connectivity index (χ1n) is 5.70. The summed E-state index contributed by atoms with van der Waals surface area (Å²) in [4.78, 5) is 11.7. The van der Waals surface area contributed by atoms with Gasteiger partial charge in [-0.15, -0.1) is 0 Å². The lowest BCUT2D eigenvalue weighted by atomic mass is 10.2. The number of carbonyl (C=O) groups excluding carboxylic acids is 1. The summed E-state index contributed by atoms with van der Waals surface area (Å²) >= 11 is 0. The van der Waals surface area contributed by atoms with Crippen molar-refractivity contribution in [2.24, 2.45) is 0 Å². The third kappa shape index (κ3) is 4.08. The van der Waals surface area contributed by atoms with E-state index in [0.29, 0.717) is 6.04 Å². The third-order valence-corrected chi connectivity index (χ3v) is 2.70. The van der Waals surface area contributed by atoms with E-state index in [1.54, 1.807) is 14.2 Å². The number of amides is 1. The molecule has 1 aliphatic rings. The fourth-order valence-corrected chi connectivity index (χ4v) is 1.61. The van der Waals surface area contributed by atoms with Gasteiger partial charge in [0, 0.05) is 20.3 Å². The minimum absolute atomic E-state index is 0.0325. The lowest BCUT2D eigenvalue weighted by molar-refractivity contribution is -0.129. The molecule has 0 heterocycles. The third-order valence-electron chi connectivity index (χ3n) is 2.70. The monoisotopic (exact) mass is 230 g/mol. The minimum atomic E-state index is -0.337. The van der Waals surface area contributed by atoms with Crippen LogP contribution in [0.15, 0.2) is 0 Å². The Bertz CT molecular complexity index is 227. The molecule has 0 aromatic rings. The van der Waals surface area contributed by atoms with Gasteiger partial charge >= 0.3 is 0 Å². The van der Waals surface area contributed by atoms with Crippen LogP contribution in [0.3, 0.4) is 0 Å². The average molecular weight is 230 g/mol. The van der Waals surface area contributed by atoms with Gasteiger partial charge in [0.25, 0.3) is 0 Å². The van der Waals surface area contributed by atoms with Crippen molar-refractivity contribution in [3.8, 4) is 0 Å². The van der Waals surface area contributed by atoms with E-state index in [-0.39, 0.29) is 24.3 Å². The number of rotatable bonds is 7. The van der Waals surface area contributed by atoms with Crippen LogP contribution >= 0.6 is 0 Å². The normalized spacial score (nSPS) is 19.6. The Morgan fingerprint density at radius 1 is 1.25 bits per heavy atom. The van der Waals surface area contributed by atoms with Crippen LogP contribution in [0.4, 0.5) is 0 Å². The summed E-state index contributed by atoms with van der Waals surface area (Å²) in [6.07, 6.45) is 1.87. The van der Waals surface area contributed by atoms with Crippen molar-refractivity contribution >= 4 is 5.91 Å². The number of ether oxygens (including phenoxy) is 2. The molecule has 0 radical (unpaired) electrons. The highest BCUT2D eigenvalue weighted by Gasteiger charge is 2.27. The lowest BCUT2D eigenvalue weighted by Crippen LogP contribution is -2.50. The van der Waals surface area contributed by atoms with E-state index in [9.17, 15) is 4.79 Å². The molecule has 0 bridgehead atoms. The molecule has 1 fully saturated rings. The molecule has 1 amide bonds. The van der Waals surface area contributed by atoms with Crippen molar-refractivity contribution in [2.75, 3.05) is 14.2 Å². The number of hydrogen-bond acceptors (Lipinski definition) is 4. The van der Waals surface area contributed by atoms with E-state index in [4.69, 9.17) is 9.47 Å². The summed E-state index contributed by atoms with van der Waals surface area (Å²) in [7, 11) is 3.17. The van der Waals surface area contributed by atoms with Gasteiger partial charge < -0.3 is 14.8 Å². The maximum Gasteiger partial charge on any atom is 0.237 e. The zero-order valence-corrected chi connectivity index (χ0v) is 10.4. The molecule has 1 saturated carbocycles. The standard InChI is InChI=1S/C11H22N2O3/c1-7(10(14)13-9-5-6-9)12-8(2)11(15-3)16-4/h7-9,11-12H,5-6H2,1-4H3,(H,13,14). The minimum Gasteiger partial charge on any atom is -0.354 e. The molecule has 2 atom stereocenters. The first-order valence-corrected chi connectivity index (χ1v) is 5.70. The molecule has 2 unspecified atom stereocenters. The second-order valence-electron chi connectivity index (χ2n) is 4.30. The summed E-state index contributed by atoms with van der Waals surface area (Å²) in [5.41, 5.74) is 0. The van der Waals surface area contributed by atoms with E-state index >= 15 is 0 Å². The van der Waals surface area contributed by atoms with Crippen LogP contribution in [-0.4, -0.2) is 44.5 Å². The van der Waals surface area contributed by atoms with Crippen LogP contribution < -0.4 is 10.6 Å². The summed E-state index contributed by atoms with van der Waals surface area (Å²) in [5.74, 6) is 0.0420. The van der Waals surface area contributed by atoms with Crippen LogP contribution in [0, 0.1) is 0 Å². The first-order chi connectivity index (χ1) is 7.58. The Balaban J connectivity index is 2.30. The highest BCUT2D eigenvalue weighted by Crippen LogP contribution is 2.18. The van der Waals surface area contributed by atoms with E-state index < -0.39 is 0 Å². The average Bonchev–Trinajstić information content (AvgIpc) is 3.03. The topological polar surface area (TPSA) is 59.6 Å². The molecule has 5 heteroatoms. The maximum absolute atomic E-state index is 11.7. The van der Waals surface area contributed by atoms with Gasteiger partial charge in [0.05, 0.1) is 12.1 Å². The van der Waals surface area contributed by atoms with Crippen molar-refractivity contribution in [1.29, 1.82) is 0 Å². The molecule has 16 heavy (non-hydrogen) atoms. The molecular weight excluding hydrogens is 208 g/mol. The van der Waals surface area contributed by atoms with Gasteiger partial charge in [-0.05, 0) is 26.7 Å². The Morgan fingerprint density at radius 2 is 1.81 bits per heavy atom. The predicted molar refractivity (Wildman–Crippen MR) is 61.0 cm³/mol. The SMILES string of the molecule is COC(OC)C(C)NC(C)C(=O)NC1CC1. The predicted octanol–water partition coefficient (Wildman–Crippen LogP) is 0.251. The number of hydrogen-bond donors (Lipinski definition) is 2. The van der Waals surface area contributed by atoms with Crippen molar-refractivity contribution in [3.63, 3.8) is 0 Å². The molecule has 5 nitrogen and oxygen atoms in total. The van der Waals surface area contributed by atoms with Gasteiger partial charge in [-0.2, -0.15) is 0 Å². The summed E-state index contributed by atoms with van der Waals surface area (Å²) < 4.78 is 10.2. The van der Waals surface area contributed by atoms with Crippen molar-refractivity contribution in [1.82, 2.24) is 10.6 Å². The van der Waals surface area contributed by atoms with Crippen LogP contribution in [0.5, 0.6) is 0 Å². The van der Waals surface area contributed by atoms with Crippen molar-refractivity contribution < 1.29 is 14.3 Å². The highest BCUT2D eigenvalue weighted by molar-refractivity contribution is 5.81. The number of methoxy groups -OCH3 is 2. The van der Waals surface area contributed by atoms with Crippen LogP contribution in [-0.2, 0) is 14.3 Å². The molecule has 94 valence electrons. The fraction of sp³-hybridized carbons (Fsp3) is 0.909. The zero-order valence-electron chi connectivity index (χ0n) is 10.4. The van der Waals surface area contributed by atoms with E-state index in [0.717, 1.165) is 12.8 Å². The van der Waals surface area contributed by atoms with Gasteiger partial charge in [-0.1, -0.05) is 0 Å².